The topological polar surface area (TPSA) is 9.23 Å². The third kappa shape index (κ3) is 1.96. The number of aryl methyl sites for hydroxylation is 1. The summed E-state index contributed by atoms with van der Waals surface area (Å²) in [6.45, 7) is 2.03. The van der Waals surface area contributed by atoms with Gasteiger partial charge in [-0.05, 0) is 34.0 Å². The van der Waals surface area contributed by atoms with Gasteiger partial charge in [-0.2, -0.15) is 0 Å². The van der Waals surface area contributed by atoms with Crippen LogP contribution in [-0.4, -0.2) is 0 Å². The SMILES string of the molecule is Cc1ccccc1OPBr. The minimum absolute atomic E-state index is 0.344. The molecule has 0 aromatic heterocycles. The Morgan fingerprint density at radius 3 is 2.70 bits per heavy atom. The van der Waals surface area contributed by atoms with Gasteiger partial charge in [-0.15, -0.1) is 0 Å². The van der Waals surface area contributed by atoms with E-state index in [4.69, 9.17) is 4.52 Å². The van der Waals surface area contributed by atoms with Crippen LogP contribution < -0.4 is 4.52 Å². The normalized spacial score (nSPS) is 10.6. The molecule has 3 heteroatoms. The van der Waals surface area contributed by atoms with Gasteiger partial charge in [0.2, 0.25) is 0 Å². The van der Waals surface area contributed by atoms with Crippen molar-refractivity contribution in [3.05, 3.63) is 29.8 Å². The van der Waals surface area contributed by atoms with Crippen molar-refractivity contribution >= 4 is 23.0 Å². The van der Waals surface area contributed by atoms with E-state index < -0.39 is 0 Å². The fourth-order valence-corrected chi connectivity index (χ4v) is 1.55. The van der Waals surface area contributed by atoms with Crippen LogP contribution in [0.15, 0.2) is 24.3 Å². The maximum absolute atomic E-state index is 5.28. The third-order valence-electron chi connectivity index (χ3n) is 1.24. The van der Waals surface area contributed by atoms with Gasteiger partial charge in [-0.3, -0.25) is 0 Å². The minimum atomic E-state index is 0.344. The lowest BCUT2D eigenvalue weighted by Gasteiger charge is -2.02. The molecule has 0 aliphatic carbocycles. The first-order valence-corrected chi connectivity index (χ1v) is 6.09. The smallest absolute Gasteiger partial charge is 0.143 e. The molecular weight excluding hydrogens is 211 g/mol. The van der Waals surface area contributed by atoms with Gasteiger partial charge in [0.1, 0.15) is 13.3 Å². The molecule has 0 saturated heterocycles. The average molecular weight is 219 g/mol. The van der Waals surface area contributed by atoms with Gasteiger partial charge in [-0.1, -0.05) is 18.2 Å². The summed E-state index contributed by atoms with van der Waals surface area (Å²) in [7, 11) is 0.344. The van der Waals surface area contributed by atoms with E-state index in [1.54, 1.807) is 0 Å². The van der Waals surface area contributed by atoms with Crippen molar-refractivity contribution < 1.29 is 4.52 Å². The number of hydrogen-bond acceptors (Lipinski definition) is 1. The first-order chi connectivity index (χ1) is 4.84. The van der Waals surface area contributed by atoms with Gasteiger partial charge in [0.15, 0.2) is 0 Å². The molecule has 1 aromatic carbocycles. The van der Waals surface area contributed by atoms with Crippen LogP contribution in [0.1, 0.15) is 5.56 Å². The summed E-state index contributed by atoms with van der Waals surface area (Å²) in [6, 6.07) is 7.96. The summed E-state index contributed by atoms with van der Waals surface area (Å²) in [6.07, 6.45) is 0. The number of hydrogen-bond donors (Lipinski definition) is 0. The standard InChI is InChI=1S/C7H8BrOP/c1-6-4-2-3-5-7(6)9-10-8/h2-5,10H,1H3. The summed E-state index contributed by atoms with van der Waals surface area (Å²) < 4.78 is 5.28. The number of benzene rings is 1. The Bertz CT molecular complexity index is 215. The molecule has 0 bridgehead atoms. The van der Waals surface area contributed by atoms with Crippen LogP contribution in [0.25, 0.3) is 0 Å². The zero-order chi connectivity index (χ0) is 7.40. The molecule has 1 atom stereocenters. The van der Waals surface area contributed by atoms with E-state index >= 15 is 0 Å². The minimum Gasteiger partial charge on any atom is -0.465 e. The Labute approximate surface area is 70.4 Å². The Hall–Kier alpha value is -0.0700. The first kappa shape index (κ1) is 8.03. The zero-order valence-electron chi connectivity index (χ0n) is 5.60. The number of rotatable bonds is 2. The molecule has 0 amide bonds. The van der Waals surface area contributed by atoms with Crippen molar-refractivity contribution in [2.75, 3.05) is 0 Å². The lowest BCUT2D eigenvalue weighted by molar-refractivity contribution is 0.637. The molecule has 1 unspecified atom stereocenters. The first-order valence-electron chi connectivity index (χ1n) is 2.92. The van der Waals surface area contributed by atoms with Crippen molar-refractivity contribution in [2.24, 2.45) is 0 Å². The molecular formula is C7H8BrOP. The van der Waals surface area contributed by atoms with Crippen LogP contribution in [0.2, 0.25) is 0 Å². The van der Waals surface area contributed by atoms with Gasteiger partial charge in [0.25, 0.3) is 0 Å². The molecule has 0 fully saturated rings. The van der Waals surface area contributed by atoms with E-state index in [-0.39, 0.29) is 0 Å². The van der Waals surface area contributed by atoms with Crippen LogP contribution in [0.5, 0.6) is 5.75 Å². The van der Waals surface area contributed by atoms with Gasteiger partial charge in [-0.25, -0.2) is 0 Å². The highest BCUT2D eigenvalue weighted by atomic mass is 79.9. The highest BCUT2D eigenvalue weighted by Gasteiger charge is 1.93. The fraction of sp³-hybridized carbons (Fsp3) is 0.143. The molecule has 0 aliphatic heterocycles. The molecule has 0 spiro atoms. The largest absolute Gasteiger partial charge is 0.465 e. The van der Waals surface area contributed by atoms with E-state index in [1.165, 1.54) is 5.56 Å². The summed E-state index contributed by atoms with van der Waals surface area (Å²) in [5, 5.41) is 0. The van der Waals surface area contributed by atoms with Crippen molar-refractivity contribution in [1.82, 2.24) is 0 Å². The van der Waals surface area contributed by atoms with Crippen LogP contribution in [0, 0.1) is 6.92 Å². The van der Waals surface area contributed by atoms with Crippen LogP contribution >= 0.6 is 23.0 Å². The second-order valence-corrected chi connectivity index (χ2v) is 3.27. The van der Waals surface area contributed by atoms with Gasteiger partial charge >= 0.3 is 0 Å². The maximum Gasteiger partial charge on any atom is 0.143 e. The van der Waals surface area contributed by atoms with Crippen LogP contribution in [-0.2, 0) is 0 Å². The molecule has 1 aromatic rings. The van der Waals surface area contributed by atoms with Gasteiger partial charge in [0.05, 0.1) is 0 Å². The number of para-hydroxylation sites is 1. The highest BCUT2D eigenvalue weighted by Crippen LogP contribution is 2.28. The second-order valence-electron chi connectivity index (χ2n) is 1.94. The van der Waals surface area contributed by atoms with E-state index in [0.29, 0.717) is 7.51 Å². The molecule has 54 valence electrons. The van der Waals surface area contributed by atoms with E-state index in [0.717, 1.165) is 5.75 Å². The Kier molecular flexibility index (Phi) is 3.17. The molecule has 1 rings (SSSR count). The fourth-order valence-electron chi connectivity index (χ4n) is 0.712. The van der Waals surface area contributed by atoms with E-state index in [2.05, 4.69) is 15.5 Å². The van der Waals surface area contributed by atoms with Crippen molar-refractivity contribution in [1.29, 1.82) is 0 Å². The maximum atomic E-state index is 5.28. The van der Waals surface area contributed by atoms with Crippen LogP contribution in [0.3, 0.4) is 0 Å². The average Bonchev–Trinajstić information content (AvgIpc) is 1.94. The third-order valence-corrected chi connectivity index (χ3v) is 2.02. The Balaban J connectivity index is 2.81. The Morgan fingerprint density at radius 2 is 2.10 bits per heavy atom. The Morgan fingerprint density at radius 1 is 1.40 bits per heavy atom. The molecule has 0 N–H and O–H groups in total. The zero-order valence-corrected chi connectivity index (χ0v) is 8.18. The van der Waals surface area contributed by atoms with Crippen molar-refractivity contribution in [3.63, 3.8) is 0 Å². The van der Waals surface area contributed by atoms with E-state index in [9.17, 15) is 0 Å². The lowest BCUT2D eigenvalue weighted by Crippen LogP contribution is -1.78. The lowest BCUT2D eigenvalue weighted by atomic mass is 10.2. The summed E-state index contributed by atoms with van der Waals surface area (Å²) in [5.74, 6) is 0.956. The van der Waals surface area contributed by atoms with E-state index in [1.807, 2.05) is 31.2 Å². The molecule has 0 aliphatic rings. The summed E-state index contributed by atoms with van der Waals surface area (Å²) in [5.41, 5.74) is 1.18. The van der Waals surface area contributed by atoms with Crippen molar-refractivity contribution in [2.45, 2.75) is 6.92 Å². The monoisotopic (exact) mass is 218 g/mol. The molecule has 1 nitrogen and oxygen atoms in total. The second kappa shape index (κ2) is 3.95. The summed E-state index contributed by atoms with van der Waals surface area (Å²) >= 11 is 3.23. The van der Waals surface area contributed by atoms with Crippen LogP contribution in [0.4, 0.5) is 0 Å². The van der Waals surface area contributed by atoms with Gasteiger partial charge in [0, 0.05) is 0 Å². The van der Waals surface area contributed by atoms with Gasteiger partial charge < -0.3 is 4.52 Å². The van der Waals surface area contributed by atoms with Crippen molar-refractivity contribution in [3.8, 4) is 5.75 Å². The molecule has 0 heterocycles. The molecule has 10 heavy (non-hydrogen) atoms. The number of halogens is 1. The quantitative estimate of drug-likeness (QED) is 0.693. The summed E-state index contributed by atoms with van der Waals surface area (Å²) in [4.78, 5) is 0. The predicted octanol–water partition coefficient (Wildman–Crippen LogP) is 3.28. The highest BCUT2D eigenvalue weighted by molar-refractivity contribution is 9.36. The predicted molar refractivity (Wildman–Crippen MR) is 49.0 cm³/mol. The molecule has 0 radical (unpaired) electrons. The molecule has 0 saturated carbocycles.